The van der Waals surface area contributed by atoms with Crippen molar-refractivity contribution < 1.29 is 0 Å². The lowest BCUT2D eigenvalue weighted by Gasteiger charge is -2.08. The predicted octanol–water partition coefficient (Wildman–Crippen LogP) is 3.17. The largest absolute Gasteiger partial charge is 0.370 e. The van der Waals surface area contributed by atoms with Crippen molar-refractivity contribution in [2.75, 3.05) is 11.9 Å². The molecule has 1 N–H and O–H groups in total. The van der Waals surface area contributed by atoms with Gasteiger partial charge in [0.05, 0.1) is 6.33 Å². The Hall–Kier alpha value is -1.62. The van der Waals surface area contributed by atoms with Crippen molar-refractivity contribution in [1.82, 2.24) is 19.5 Å². The zero-order valence-corrected chi connectivity index (χ0v) is 12.5. The summed E-state index contributed by atoms with van der Waals surface area (Å²) in [5.41, 5.74) is 0. The number of nitrogens with one attached hydrogen (secondary N) is 1. The van der Waals surface area contributed by atoms with Crippen LogP contribution in [-0.2, 0) is 13.0 Å². The number of hydrogen-bond donors (Lipinski definition) is 1. The first kappa shape index (κ1) is 14.8. The first-order valence-corrected chi connectivity index (χ1v) is 7.39. The molecule has 108 valence electrons. The summed E-state index contributed by atoms with van der Waals surface area (Å²) in [5.74, 6) is 1.62. The van der Waals surface area contributed by atoms with Crippen molar-refractivity contribution in [3.63, 3.8) is 0 Å². The average Bonchev–Trinajstić information content (AvgIpc) is 2.91. The van der Waals surface area contributed by atoms with Crippen molar-refractivity contribution in [3.8, 4) is 0 Å². The van der Waals surface area contributed by atoms with Crippen molar-refractivity contribution in [2.24, 2.45) is 0 Å². The average molecular weight is 294 g/mol. The molecule has 2 rings (SSSR count). The fraction of sp³-hybridized carbons (Fsp3) is 0.500. The number of anilines is 1. The molecule has 0 aliphatic heterocycles. The fourth-order valence-corrected chi connectivity index (χ4v) is 2.15. The molecular formula is C14H20ClN5. The van der Waals surface area contributed by atoms with Crippen molar-refractivity contribution in [1.29, 1.82) is 0 Å². The standard InChI is InChI=1S/C14H20ClN5/c1-2-5-13-18-12(15)10-14(19-13)17-6-3-4-8-20-9-7-16-11-20/h7,9-11H,2-6,8H2,1H3,(H,17,18,19). The van der Waals surface area contributed by atoms with Crippen LogP contribution in [0, 0.1) is 0 Å². The summed E-state index contributed by atoms with van der Waals surface area (Å²) < 4.78 is 2.08. The van der Waals surface area contributed by atoms with Crippen LogP contribution in [0.4, 0.5) is 5.82 Å². The molecule has 2 aromatic heterocycles. The summed E-state index contributed by atoms with van der Waals surface area (Å²) in [6, 6.07) is 1.77. The van der Waals surface area contributed by atoms with Gasteiger partial charge in [-0.1, -0.05) is 18.5 Å². The molecule has 0 saturated heterocycles. The number of hydrogen-bond acceptors (Lipinski definition) is 4. The monoisotopic (exact) mass is 293 g/mol. The van der Waals surface area contributed by atoms with E-state index in [0.717, 1.165) is 50.4 Å². The van der Waals surface area contributed by atoms with Gasteiger partial charge in [0.1, 0.15) is 16.8 Å². The Morgan fingerprint density at radius 2 is 2.20 bits per heavy atom. The minimum Gasteiger partial charge on any atom is -0.370 e. The highest BCUT2D eigenvalue weighted by molar-refractivity contribution is 6.29. The molecule has 0 saturated carbocycles. The van der Waals surface area contributed by atoms with E-state index >= 15 is 0 Å². The van der Waals surface area contributed by atoms with E-state index in [1.165, 1.54) is 0 Å². The van der Waals surface area contributed by atoms with E-state index in [2.05, 4.69) is 31.8 Å². The third-order valence-corrected chi connectivity index (χ3v) is 3.12. The Morgan fingerprint density at radius 1 is 1.30 bits per heavy atom. The normalized spacial score (nSPS) is 10.7. The van der Waals surface area contributed by atoms with Gasteiger partial charge < -0.3 is 9.88 Å². The Kier molecular flexibility index (Phi) is 5.80. The molecule has 6 heteroatoms. The van der Waals surface area contributed by atoms with Crippen LogP contribution in [0.15, 0.2) is 24.8 Å². The quantitative estimate of drug-likeness (QED) is 0.600. The van der Waals surface area contributed by atoms with Crippen LogP contribution in [0.2, 0.25) is 5.15 Å². The molecule has 2 aromatic rings. The first-order valence-electron chi connectivity index (χ1n) is 7.01. The molecule has 0 amide bonds. The van der Waals surface area contributed by atoms with Gasteiger partial charge in [0.2, 0.25) is 0 Å². The third kappa shape index (κ3) is 4.81. The van der Waals surface area contributed by atoms with E-state index in [4.69, 9.17) is 11.6 Å². The van der Waals surface area contributed by atoms with Gasteiger partial charge in [-0.3, -0.25) is 0 Å². The minimum absolute atomic E-state index is 0.504. The molecule has 0 spiro atoms. The van der Waals surface area contributed by atoms with Crippen LogP contribution in [0.3, 0.4) is 0 Å². The molecule has 0 bridgehead atoms. The van der Waals surface area contributed by atoms with Gasteiger partial charge in [0.15, 0.2) is 0 Å². The zero-order chi connectivity index (χ0) is 14.2. The molecule has 0 unspecified atom stereocenters. The number of unbranched alkanes of at least 4 members (excludes halogenated alkanes) is 1. The number of rotatable bonds is 8. The van der Waals surface area contributed by atoms with Crippen molar-refractivity contribution >= 4 is 17.4 Å². The van der Waals surface area contributed by atoms with E-state index in [-0.39, 0.29) is 0 Å². The highest BCUT2D eigenvalue weighted by atomic mass is 35.5. The molecule has 0 fully saturated rings. The Bertz CT molecular complexity index is 512. The number of aryl methyl sites for hydroxylation is 2. The van der Waals surface area contributed by atoms with E-state index < -0.39 is 0 Å². The van der Waals surface area contributed by atoms with Gasteiger partial charge in [-0.25, -0.2) is 15.0 Å². The van der Waals surface area contributed by atoms with Gasteiger partial charge >= 0.3 is 0 Å². The van der Waals surface area contributed by atoms with Crippen LogP contribution in [0.25, 0.3) is 0 Å². The topological polar surface area (TPSA) is 55.6 Å². The number of imidazole rings is 1. The number of aromatic nitrogens is 4. The van der Waals surface area contributed by atoms with Crippen molar-refractivity contribution in [2.45, 2.75) is 39.2 Å². The fourth-order valence-electron chi connectivity index (χ4n) is 1.95. The maximum Gasteiger partial charge on any atom is 0.134 e. The minimum atomic E-state index is 0.504. The molecule has 0 aliphatic rings. The van der Waals surface area contributed by atoms with Crippen LogP contribution >= 0.6 is 11.6 Å². The smallest absolute Gasteiger partial charge is 0.134 e. The second-order valence-corrected chi connectivity index (χ2v) is 5.06. The number of halogens is 1. The molecule has 0 atom stereocenters. The highest BCUT2D eigenvalue weighted by Crippen LogP contribution is 2.12. The molecule has 2 heterocycles. The van der Waals surface area contributed by atoms with Gasteiger partial charge in [-0.15, -0.1) is 0 Å². The summed E-state index contributed by atoms with van der Waals surface area (Å²) in [5, 5.41) is 3.81. The van der Waals surface area contributed by atoms with Crippen LogP contribution in [0.1, 0.15) is 32.0 Å². The summed E-state index contributed by atoms with van der Waals surface area (Å²) in [4.78, 5) is 12.7. The maximum absolute atomic E-state index is 5.99. The highest BCUT2D eigenvalue weighted by Gasteiger charge is 2.02. The molecule has 0 aromatic carbocycles. The molecule has 0 aliphatic carbocycles. The van der Waals surface area contributed by atoms with E-state index in [9.17, 15) is 0 Å². The Labute approximate surface area is 124 Å². The first-order chi connectivity index (χ1) is 9.78. The second-order valence-electron chi connectivity index (χ2n) is 4.68. The Morgan fingerprint density at radius 3 is 2.95 bits per heavy atom. The SMILES string of the molecule is CCCc1nc(Cl)cc(NCCCCn2ccnc2)n1. The lowest BCUT2D eigenvalue weighted by Crippen LogP contribution is -2.07. The zero-order valence-electron chi connectivity index (χ0n) is 11.7. The number of nitrogens with zero attached hydrogens (tertiary/aromatic N) is 4. The van der Waals surface area contributed by atoms with Gasteiger partial charge in [-0.05, 0) is 19.3 Å². The van der Waals surface area contributed by atoms with Gasteiger partial charge in [0.25, 0.3) is 0 Å². The molecule has 20 heavy (non-hydrogen) atoms. The lowest BCUT2D eigenvalue weighted by molar-refractivity contribution is 0.620. The Balaban J connectivity index is 1.73. The molecular weight excluding hydrogens is 274 g/mol. The van der Waals surface area contributed by atoms with Crippen LogP contribution in [-0.4, -0.2) is 26.1 Å². The van der Waals surface area contributed by atoms with Gasteiger partial charge in [0, 0.05) is 38.0 Å². The van der Waals surface area contributed by atoms with Crippen LogP contribution < -0.4 is 5.32 Å². The summed E-state index contributed by atoms with van der Waals surface area (Å²) in [7, 11) is 0. The van der Waals surface area contributed by atoms with E-state index in [0.29, 0.717) is 5.15 Å². The second kappa shape index (κ2) is 7.85. The van der Waals surface area contributed by atoms with E-state index in [1.807, 2.05) is 12.5 Å². The molecule has 0 radical (unpaired) electrons. The predicted molar refractivity (Wildman–Crippen MR) is 81.0 cm³/mol. The van der Waals surface area contributed by atoms with E-state index in [1.54, 1.807) is 12.3 Å². The summed E-state index contributed by atoms with van der Waals surface area (Å²) in [6.07, 6.45) is 9.67. The van der Waals surface area contributed by atoms with Crippen LogP contribution in [0.5, 0.6) is 0 Å². The summed E-state index contributed by atoms with van der Waals surface area (Å²) >= 11 is 5.99. The lowest BCUT2D eigenvalue weighted by atomic mass is 10.3. The molecule has 5 nitrogen and oxygen atoms in total. The maximum atomic E-state index is 5.99. The third-order valence-electron chi connectivity index (χ3n) is 2.92. The van der Waals surface area contributed by atoms with Gasteiger partial charge in [-0.2, -0.15) is 0 Å². The van der Waals surface area contributed by atoms with Crippen molar-refractivity contribution in [3.05, 3.63) is 35.8 Å². The summed E-state index contributed by atoms with van der Waals surface area (Å²) in [6.45, 7) is 3.98.